The Morgan fingerprint density at radius 3 is 1.96 bits per heavy atom. The van der Waals surface area contributed by atoms with E-state index in [9.17, 15) is 45.5 Å². The van der Waals surface area contributed by atoms with E-state index in [2.05, 4.69) is 37.0 Å². The summed E-state index contributed by atoms with van der Waals surface area (Å²) in [6.45, 7) is 37.5. The molecular formula is C62H88F6N2O6S2. The van der Waals surface area contributed by atoms with E-state index >= 15 is 0 Å². The van der Waals surface area contributed by atoms with Gasteiger partial charge in [0.15, 0.2) is 0 Å². The fourth-order valence-electron chi connectivity index (χ4n) is 9.24. The van der Waals surface area contributed by atoms with Crippen molar-refractivity contribution < 1.29 is 55.0 Å². The van der Waals surface area contributed by atoms with Gasteiger partial charge in [-0.2, -0.15) is 26.3 Å². The number of carbonyl (C=O) groups excluding carboxylic acids is 4. The van der Waals surface area contributed by atoms with Crippen molar-refractivity contribution in [1.82, 2.24) is 9.97 Å². The molecule has 0 saturated heterocycles. The van der Waals surface area contributed by atoms with Crippen molar-refractivity contribution in [3.05, 3.63) is 104 Å². The van der Waals surface area contributed by atoms with Crippen molar-refractivity contribution in [2.24, 2.45) is 58.2 Å². The lowest BCUT2D eigenvalue weighted by Crippen LogP contribution is -2.40. The monoisotopic (exact) mass is 1130 g/mol. The van der Waals surface area contributed by atoms with E-state index in [4.69, 9.17) is 9.47 Å². The Morgan fingerprint density at radius 2 is 1.45 bits per heavy atom. The summed E-state index contributed by atoms with van der Waals surface area (Å²) in [6.07, 6.45) is 1.71. The first-order valence-electron chi connectivity index (χ1n) is 27.1. The number of carbonyl (C=O) groups is 4. The minimum atomic E-state index is -4.51. The largest absolute Gasteiger partial charge is 0.457 e. The molecule has 0 aliphatic carbocycles. The van der Waals surface area contributed by atoms with Crippen LogP contribution in [-0.2, 0) is 28.7 Å². The SMILES string of the molecule is C/C(=C\c1csc(C)n1)[C@@H]1C/C=C(/C(F)(F)F)C/C=C/C[C@H](C)[C@H](C)[C@@H](C)C(=O)C(C)(C)[C@@H](C)CC(=O)O1.C=CC/C(=C\C[C@H](OC(=O)C[C@H](C)C(C)(C)C(=O)[C@H](C)[C@@H](C)[C@@H](C)CC=C)/C(C)=C/c1csc(C)n1)C(F)(F)F. The van der Waals surface area contributed by atoms with Gasteiger partial charge in [-0.1, -0.05) is 120 Å². The number of aryl methyl sites for hydroxylation is 2. The summed E-state index contributed by atoms with van der Waals surface area (Å²) in [5.74, 6) is -1.49. The number of ketones is 2. The molecule has 3 rings (SSSR count). The van der Waals surface area contributed by atoms with Crippen LogP contribution < -0.4 is 0 Å². The highest BCUT2D eigenvalue weighted by molar-refractivity contribution is 7.09. The number of allylic oxidation sites excluding steroid dienone is 6. The number of cyclic esters (lactones) is 1. The van der Waals surface area contributed by atoms with Crippen LogP contribution in [-0.4, -0.2) is 58.0 Å². The Balaban J connectivity index is 0.000000534. The van der Waals surface area contributed by atoms with Crippen molar-refractivity contribution in [1.29, 1.82) is 0 Å². The molecule has 0 fully saturated rings. The lowest BCUT2D eigenvalue weighted by Gasteiger charge is -2.35. The number of thiazole rings is 2. The Morgan fingerprint density at radius 1 is 0.872 bits per heavy atom. The normalized spacial score (nSPS) is 23.9. The van der Waals surface area contributed by atoms with Crippen molar-refractivity contribution in [2.75, 3.05) is 0 Å². The maximum Gasteiger partial charge on any atom is 0.412 e. The number of halogens is 6. The highest BCUT2D eigenvalue weighted by Gasteiger charge is 2.42. The van der Waals surface area contributed by atoms with Crippen LogP contribution in [0.5, 0.6) is 0 Å². The van der Waals surface area contributed by atoms with E-state index in [0.29, 0.717) is 34.9 Å². The summed E-state index contributed by atoms with van der Waals surface area (Å²) in [4.78, 5) is 61.9. The molecule has 3 heterocycles. The molecule has 2 aromatic rings. The second-order valence-electron chi connectivity index (χ2n) is 22.8. The smallest absolute Gasteiger partial charge is 0.412 e. The Bertz CT molecular complexity index is 2490. The van der Waals surface area contributed by atoms with E-state index in [1.54, 1.807) is 38.2 Å². The third kappa shape index (κ3) is 21.4. The topological polar surface area (TPSA) is 113 Å². The highest BCUT2D eigenvalue weighted by Crippen LogP contribution is 2.40. The first-order chi connectivity index (χ1) is 36.0. The van der Waals surface area contributed by atoms with Crippen LogP contribution in [0.3, 0.4) is 0 Å². The number of rotatable bonds is 18. The van der Waals surface area contributed by atoms with Gasteiger partial charge in [0.25, 0.3) is 0 Å². The number of hydrogen-bond acceptors (Lipinski definition) is 10. The van der Waals surface area contributed by atoms with Crippen molar-refractivity contribution in [3.63, 3.8) is 0 Å². The highest BCUT2D eigenvalue weighted by atomic mass is 32.1. The van der Waals surface area contributed by atoms with Gasteiger partial charge in [0.2, 0.25) is 0 Å². The fraction of sp³-hybridized carbons (Fsp3) is 0.613. The molecule has 436 valence electrons. The molecule has 8 nitrogen and oxygen atoms in total. The molecule has 0 amide bonds. The maximum absolute atomic E-state index is 13.8. The van der Waals surface area contributed by atoms with Gasteiger partial charge >= 0.3 is 24.3 Å². The Hall–Kier alpha value is -4.70. The number of ether oxygens (including phenoxy) is 2. The zero-order valence-electron chi connectivity index (χ0n) is 49.0. The molecule has 1 aliphatic heterocycles. The van der Waals surface area contributed by atoms with Crippen LogP contribution in [0, 0.1) is 72.0 Å². The molecule has 2 aromatic heterocycles. The van der Waals surface area contributed by atoms with Crippen LogP contribution in [0.1, 0.15) is 170 Å². The number of alkyl halides is 6. The van der Waals surface area contributed by atoms with Crippen molar-refractivity contribution >= 4 is 58.3 Å². The molecular weight excluding hydrogens is 1050 g/mol. The van der Waals surface area contributed by atoms with Gasteiger partial charge in [-0.05, 0) is 112 Å². The van der Waals surface area contributed by atoms with Gasteiger partial charge in [-0.25, -0.2) is 9.97 Å². The lowest BCUT2D eigenvalue weighted by atomic mass is 9.67. The van der Waals surface area contributed by atoms with Crippen LogP contribution in [0.4, 0.5) is 26.3 Å². The maximum atomic E-state index is 13.8. The van der Waals surface area contributed by atoms with E-state index in [1.807, 2.05) is 99.9 Å². The fourth-order valence-corrected chi connectivity index (χ4v) is 10.4. The van der Waals surface area contributed by atoms with E-state index in [-0.39, 0.29) is 91.5 Å². The van der Waals surface area contributed by atoms with Gasteiger partial charge < -0.3 is 9.47 Å². The standard InChI is InChI=1S/C32H46F3NO3S.C30H42F3NO3S/c1-11-13-20(3)23(6)24(7)30(38)31(9,10)22(5)18-29(37)39-28(16-15-26(14-12-2)32(33,34)35)21(4)17-27-19-40-25(8)36-27;1-18-11-9-10-12-24(30(31,32)33)13-14-26(19(2)15-25-17-38-23(6)34-25)37-27(35)16-20(3)29(7,8)28(36)22(5)21(18)4/h11-12,15,17,19-20,22-24,28H,1-2,13-14,16,18H2,3-10H3;9-10,13,15,17-18,20-22,26H,11-12,14,16H2,1-8H3/b21-17+,26-15+;10-9+,19-15+,24-13+/t20-,22-,23-,24+,28-;18-,20-,21-,22+,26-/m00/s1. The van der Waals surface area contributed by atoms with Gasteiger partial charge in [0.1, 0.15) is 23.8 Å². The summed E-state index contributed by atoms with van der Waals surface area (Å²) >= 11 is 2.91. The van der Waals surface area contributed by atoms with Gasteiger partial charge in [0, 0.05) is 70.3 Å². The first-order valence-corrected chi connectivity index (χ1v) is 28.8. The van der Waals surface area contributed by atoms with Crippen molar-refractivity contribution in [2.45, 2.75) is 187 Å². The van der Waals surface area contributed by atoms with Gasteiger partial charge in [-0.15, -0.1) is 35.8 Å². The molecule has 0 radical (unpaired) electrons. The Kier molecular flexibility index (Phi) is 27.4. The van der Waals surface area contributed by atoms with Crippen LogP contribution in [0.15, 0.2) is 82.7 Å². The number of nitrogens with zero attached hydrogens (tertiary/aromatic N) is 2. The molecule has 10 atom stereocenters. The molecule has 0 spiro atoms. The zero-order chi connectivity index (χ0) is 59.7. The van der Waals surface area contributed by atoms with E-state index in [0.717, 1.165) is 28.6 Å². The van der Waals surface area contributed by atoms with Crippen LogP contribution in [0.25, 0.3) is 12.2 Å². The van der Waals surface area contributed by atoms with Gasteiger partial charge in [0.05, 0.1) is 21.4 Å². The van der Waals surface area contributed by atoms with Crippen LogP contribution >= 0.6 is 22.7 Å². The number of hydrogen-bond donors (Lipinski definition) is 0. The average Bonchev–Trinajstić information content (AvgIpc) is 3.96. The second-order valence-corrected chi connectivity index (χ2v) is 24.9. The third-order valence-electron chi connectivity index (χ3n) is 16.3. The minimum Gasteiger partial charge on any atom is -0.457 e. The lowest BCUT2D eigenvalue weighted by molar-refractivity contribution is -0.151. The Labute approximate surface area is 470 Å². The van der Waals surface area contributed by atoms with Crippen LogP contribution in [0.2, 0.25) is 0 Å². The van der Waals surface area contributed by atoms with E-state index in [1.165, 1.54) is 28.7 Å². The predicted octanol–water partition coefficient (Wildman–Crippen LogP) is 17.9. The quantitative estimate of drug-likeness (QED) is 0.0824. The molecule has 16 heteroatoms. The molecule has 0 aromatic carbocycles. The molecule has 0 saturated carbocycles. The first kappa shape index (κ1) is 69.4. The summed E-state index contributed by atoms with van der Waals surface area (Å²) in [5, 5.41) is 5.39. The third-order valence-corrected chi connectivity index (χ3v) is 17.9. The molecule has 0 N–H and O–H groups in total. The molecule has 1 aliphatic rings. The minimum absolute atomic E-state index is 0.00756. The average molecular weight is 1140 g/mol. The number of esters is 2. The molecule has 0 unspecified atom stereocenters. The summed E-state index contributed by atoms with van der Waals surface area (Å²) < 4.78 is 93.5. The number of Topliss-reactive ketones (excluding diaryl/α,β-unsaturated/α-hetero) is 2. The zero-order valence-corrected chi connectivity index (χ0v) is 50.7. The summed E-state index contributed by atoms with van der Waals surface area (Å²) in [6, 6.07) is 0. The summed E-state index contributed by atoms with van der Waals surface area (Å²) in [7, 11) is 0. The summed E-state index contributed by atoms with van der Waals surface area (Å²) in [5.41, 5.74) is -0.466. The van der Waals surface area contributed by atoms with E-state index < -0.39 is 58.5 Å². The van der Waals surface area contributed by atoms with Crippen molar-refractivity contribution in [3.8, 4) is 0 Å². The second kappa shape index (κ2) is 30.8. The van der Waals surface area contributed by atoms with Gasteiger partial charge in [-0.3, -0.25) is 19.2 Å². The molecule has 78 heavy (non-hydrogen) atoms. The predicted molar refractivity (Wildman–Crippen MR) is 306 cm³/mol. The molecule has 0 bridgehead atoms. The number of aromatic nitrogens is 2.